The van der Waals surface area contributed by atoms with Crippen molar-refractivity contribution in [3.63, 3.8) is 0 Å². The first-order chi connectivity index (χ1) is 10.8. The fourth-order valence-electron chi connectivity index (χ4n) is 2.79. The van der Waals surface area contributed by atoms with Crippen LogP contribution < -0.4 is 0 Å². The molecule has 3 nitrogen and oxygen atoms in total. The summed E-state index contributed by atoms with van der Waals surface area (Å²) in [5.74, 6) is -0.148. The van der Waals surface area contributed by atoms with E-state index in [9.17, 15) is 4.79 Å². The number of ether oxygens (including phenoxy) is 1. The highest BCUT2D eigenvalue weighted by atomic mass is 16.5. The molecule has 0 bridgehead atoms. The van der Waals surface area contributed by atoms with Crippen molar-refractivity contribution in [1.82, 2.24) is 4.98 Å². The Hall–Kier alpha value is -2.55. The number of aromatic nitrogens is 1. The molecule has 0 aliphatic carbocycles. The number of H-pyrrole nitrogens is 1. The van der Waals surface area contributed by atoms with E-state index in [4.69, 9.17) is 4.74 Å². The van der Waals surface area contributed by atoms with E-state index in [0.29, 0.717) is 13.0 Å². The fraction of sp³-hybridized carbons (Fsp3) is 0.211. The second-order valence-electron chi connectivity index (χ2n) is 5.30. The normalized spacial score (nSPS) is 12.2. The summed E-state index contributed by atoms with van der Waals surface area (Å²) >= 11 is 0. The van der Waals surface area contributed by atoms with Gasteiger partial charge >= 0.3 is 5.97 Å². The van der Waals surface area contributed by atoms with Crippen molar-refractivity contribution in [2.24, 2.45) is 0 Å². The Balaban J connectivity index is 1.98. The van der Waals surface area contributed by atoms with Crippen LogP contribution in [0, 0.1) is 0 Å². The number of benzene rings is 2. The topological polar surface area (TPSA) is 42.1 Å². The molecule has 1 N–H and O–H groups in total. The van der Waals surface area contributed by atoms with Crippen LogP contribution in [-0.4, -0.2) is 17.6 Å². The first-order valence-corrected chi connectivity index (χ1v) is 7.55. The van der Waals surface area contributed by atoms with Crippen LogP contribution in [0.1, 0.15) is 30.4 Å². The number of nitrogens with one attached hydrogen (secondary N) is 1. The number of esters is 1. The number of carbonyl (C=O) groups is 1. The SMILES string of the molecule is CCOC(=O)C[C@H](c1ccccc1)c1ccc2[nH]ccc2c1. The monoisotopic (exact) mass is 293 g/mol. The predicted molar refractivity (Wildman–Crippen MR) is 87.8 cm³/mol. The van der Waals surface area contributed by atoms with E-state index in [0.717, 1.165) is 22.0 Å². The first kappa shape index (κ1) is 14.4. The number of rotatable bonds is 5. The maximum atomic E-state index is 12.0. The molecule has 1 aromatic heterocycles. The summed E-state index contributed by atoms with van der Waals surface area (Å²) in [5.41, 5.74) is 3.36. The number of carbonyl (C=O) groups excluding carboxylic acids is 1. The average molecular weight is 293 g/mol. The van der Waals surface area contributed by atoms with E-state index >= 15 is 0 Å². The molecule has 0 spiro atoms. The molecule has 0 aliphatic heterocycles. The van der Waals surface area contributed by atoms with Crippen molar-refractivity contribution >= 4 is 16.9 Å². The Bertz CT molecular complexity index is 761. The third kappa shape index (κ3) is 3.03. The van der Waals surface area contributed by atoms with Gasteiger partial charge < -0.3 is 9.72 Å². The molecular formula is C19H19NO2. The van der Waals surface area contributed by atoms with Crippen LogP contribution in [0.3, 0.4) is 0 Å². The molecule has 0 fully saturated rings. The third-order valence-electron chi connectivity index (χ3n) is 3.86. The van der Waals surface area contributed by atoms with Crippen LogP contribution in [-0.2, 0) is 9.53 Å². The summed E-state index contributed by atoms with van der Waals surface area (Å²) in [6.45, 7) is 2.25. The van der Waals surface area contributed by atoms with E-state index < -0.39 is 0 Å². The molecule has 0 saturated carbocycles. The number of hydrogen-bond acceptors (Lipinski definition) is 2. The van der Waals surface area contributed by atoms with Crippen molar-refractivity contribution in [3.8, 4) is 0 Å². The van der Waals surface area contributed by atoms with Crippen molar-refractivity contribution < 1.29 is 9.53 Å². The summed E-state index contributed by atoms with van der Waals surface area (Å²) in [4.78, 5) is 15.2. The number of hydrogen-bond donors (Lipinski definition) is 1. The Morgan fingerprint density at radius 2 is 1.91 bits per heavy atom. The smallest absolute Gasteiger partial charge is 0.306 e. The van der Waals surface area contributed by atoms with Crippen LogP contribution >= 0.6 is 0 Å². The van der Waals surface area contributed by atoms with Crippen LogP contribution in [0.5, 0.6) is 0 Å². The van der Waals surface area contributed by atoms with Crippen molar-refractivity contribution in [1.29, 1.82) is 0 Å². The van der Waals surface area contributed by atoms with Crippen molar-refractivity contribution in [2.75, 3.05) is 6.61 Å². The Kier molecular flexibility index (Phi) is 4.24. The lowest BCUT2D eigenvalue weighted by Gasteiger charge is -2.17. The highest BCUT2D eigenvalue weighted by Gasteiger charge is 2.19. The molecule has 3 rings (SSSR count). The van der Waals surface area contributed by atoms with E-state index in [2.05, 4.69) is 35.3 Å². The Morgan fingerprint density at radius 1 is 1.09 bits per heavy atom. The minimum Gasteiger partial charge on any atom is -0.466 e. The van der Waals surface area contributed by atoms with E-state index in [1.165, 1.54) is 0 Å². The highest BCUT2D eigenvalue weighted by molar-refractivity contribution is 5.80. The second-order valence-corrected chi connectivity index (χ2v) is 5.30. The van der Waals surface area contributed by atoms with Crippen LogP contribution in [0.2, 0.25) is 0 Å². The average Bonchev–Trinajstić information content (AvgIpc) is 3.01. The maximum absolute atomic E-state index is 12.0. The molecule has 112 valence electrons. The molecular weight excluding hydrogens is 274 g/mol. The summed E-state index contributed by atoms with van der Waals surface area (Å²) in [6.07, 6.45) is 2.28. The Morgan fingerprint density at radius 3 is 2.68 bits per heavy atom. The van der Waals surface area contributed by atoms with Gasteiger partial charge in [-0.15, -0.1) is 0 Å². The minimum atomic E-state index is -0.162. The van der Waals surface area contributed by atoms with Gasteiger partial charge in [0.25, 0.3) is 0 Å². The van der Waals surface area contributed by atoms with E-state index in [1.54, 1.807) is 0 Å². The van der Waals surface area contributed by atoms with Gasteiger partial charge in [-0.3, -0.25) is 4.79 Å². The lowest BCUT2D eigenvalue weighted by molar-refractivity contribution is -0.143. The van der Waals surface area contributed by atoms with E-state index in [1.807, 2.05) is 37.4 Å². The largest absolute Gasteiger partial charge is 0.466 e. The first-order valence-electron chi connectivity index (χ1n) is 7.55. The van der Waals surface area contributed by atoms with Gasteiger partial charge in [-0.25, -0.2) is 0 Å². The zero-order valence-electron chi connectivity index (χ0n) is 12.6. The lowest BCUT2D eigenvalue weighted by Crippen LogP contribution is -2.11. The lowest BCUT2D eigenvalue weighted by atomic mass is 9.88. The molecule has 0 amide bonds. The van der Waals surface area contributed by atoms with Crippen molar-refractivity contribution in [2.45, 2.75) is 19.3 Å². The van der Waals surface area contributed by atoms with Gasteiger partial charge in [0, 0.05) is 17.6 Å². The summed E-state index contributed by atoms with van der Waals surface area (Å²) in [7, 11) is 0. The fourth-order valence-corrected chi connectivity index (χ4v) is 2.79. The van der Waals surface area contributed by atoms with Crippen LogP contribution in [0.15, 0.2) is 60.8 Å². The molecule has 0 radical (unpaired) electrons. The van der Waals surface area contributed by atoms with Gasteiger partial charge in [0.05, 0.1) is 13.0 Å². The van der Waals surface area contributed by atoms with Gasteiger partial charge in [0.15, 0.2) is 0 Å². The molecule has 0 unspecified atom stereocenters. The molecule has 22 heavy (non-hydrogen) atoms. The molecule has 1 atom stereocenters. The maximum Gasteiger partial charge on any atom is 0.306 e. The van der Waals surface area contributed by atoms with Gasteiger partial charge in [-0.1, -0.05) is 36.4 Å². The van der Waals surface area contributed by atoms with Crippen LogP contribution in [0.25, 0.3) is 10.9 Å². The summed E-state index contributed by atoms with van der Waals surface area (Å²) < 4.78 is 5.14. The number of fused-ring (bicyclic) bond motifs is 1. The molecule has 2 aromatic carbocycles. The molecule has 0 saturated heterocycles. The van der Waals surface area contributed by atoms with Gasteiger partial charge in [0.1, 0.15) is 0 Å². The highest BCUT2D eigenvalue weighted by Crippen LogP contribution is 2.30. The van der Waals surface area contributed by atoms with Crippen LogP contribution in [0.4, 0.5) is 0 Å². The van der Waals surface area contributed by atoms with E-state index in [-0.39, 0.29) is 11.9 Å². The predicted octanol–water partition coefficient (Wildman–Crippen LogP) is 4.25. The zero-order chi connectivity index (χ0) is 15.4. The second kappa shape index (κ2) is 6.48. The minimum absolute atomic E-state index is 0.0135. The molecule has 3 aromatic rings. The Labute approximate surface area is 129 Å². The summed E-state index contributed by atoms with van der Waals surface area (Å²) in [6, 6.07) is 18.4. The van der Waals surface area contributed by atoms with Gasteiger partial charge in [-0.2, -0.15) is 0 Å². The molecule has 3 heteroatoms. The zero-order valence-corrected chi connectivity index (χ0v) is 12.6. The number of aromatic amines is 1. The molecule has 0 aliphatic rings. The molecule has 1 heterocycles. The van der Waals surface area contributed by atoms with Crippen molar-refractivity contribution in [3.05, 3.63) is 71.9 Å². The van der Waals surface area contributed by atoms with Gasteiger partial charge in [-0.05, 0) is 41.6 Å². The summed E-state index contributed by atoms with van der Waals surface area (Å²) in [5, 5.41) is 1.15. The van der Waals surface area contributed by atoms with Gasteiger partial charge in [0.2, 0.25) is 0 Å². The third-order valence-corrected chi connectivity index (χ3v) is 3.86. The standard InChI is InChI=1S/C19H19NO2/c1-2-22-19(21)13-17(14-6-4-3-5-7-14)15-8-9-18-16(12-15)10-11-20-18/h3-12,17,20H,2,13H2,1H3/t17-/m1/s1. The quantitative estimate of drug-likeness (QED) is 0.714.